The molecule has 0 saturated carbocycles. The third-order valence-corrected chi connectivity index (χ3v) is 4.97. The van der Waals surface area contributed by atoms with Crippen molar-refractivity contribution < 1.29 is 4.79 Å². The van der Waals surface area contributed by atoms with Gasteiger partial charge in [0.15, 0.2) is 0 Å². The molecule has 0 aromatic carbocycles. The molecule has 19 heavy (non-hydrogen) atoms. The predicted octanol–water partition coefficient (Wildman–Crippen LogP) is 2.75. The fourth-order valence-corrected chi connectivity index (χ4v) is 3.68. The Labute approximate surface area is 126 Å². The van der Waals surface area contributed by atoms with Crippen molar-refractivity contribution >= 4 is 33.3 Å². The van der Waals surface area contributed by atoms with E-state index in [9.17, 15) is 4.79 Å². The lowest BCUT2D eigenvalue weighted by Crippen LogP contribution is -2.47. The van der Waals surface area contributed by atoms with Gasteiger partial charge < -0.3 is 15.1 Å². The summed E-state index contributed by atoms with van der Waals surface area (Å²) in [5.41, 5.74) is 0. The van der Waals surface area contributed by atoms with Gasteiger partial charge in [0.1, 0.15) is 0 Å². The molecule has 0 aliphatic carbocycles. The van der Waals surface area contributed by atoms with Crippen LogP contribution in [0.2, 0.25) is 0 Å². The normalized spacial score (nSPS) is 16.7. The lowest BCUT2D eigenvalue weighted by atomic mass is 10.1. The second kappa shape index (κ2) is 6.72. The minimum atomic E-state index is 0.126. The zero-order valence-electron chi connectivity index (χ0n) is 11.4. The highest BCUT2D eigenvalue weighted by atomic mass is 79.9. The van der Waals surface area contributed by atoms with E-state index in [0.29, 0.717) is 6.04 Å². The molecular formula is C13H20BrN3OS. The maximum atomic E-state index is 11.8. The minimum Gasteiger partial charge on any atom is -0.331 e. The van der Waals surface area contributed by atoms with Crippen LogP contribution in [0, 0.1) is 0 Å². The molecule has 1 aromatic rings. The molecule has 1 aliphatic heterocycles. The summed E-state index contributed by atoms with van der Waals surface area (Å²) in [7, 11) is 3.61. The van der Waals surface area contributed by atoms with E-state index in [1.54, 1.807) is 30.3 Å². The predicted molar refractivity (Wildman–Crippen MR) is 82.5 cm³/mol. The van der Waals surface area contributed by atoms with Crippen LogP contribution in [0.1, 0.15) is 17.7 Å². The van der Waals surface area contributed by atoms with Crippen LogP contribution in [0.4, 0.5) is 4.79 Å². The fraction of sp³-hybridized carbons (Fsp3) is 0.615. The quantitative estimate of drug-likeness (QED) is 0.914. The van der Waals surface area contributed by atoms with Crippen LogP contribution in [0.15, 0.2) is 15.9 Å². The zero-order valence-corrected chi connectivity index (χ0v) is 13.8. The number of likely N-dealkylation sites (tertiary alicyclic amines) is 1. The van der Waals surface area contributed by atoms with Crippen molar-refractivity contribution in [1.82, 2.24) is 15.1 Å². The second-order valence-corrected chi connectivity index (χ2v) is 7.57. The average molecular weight is 346 g/mol. The topological polar surface area (TPSA) is 35.6 Å². The van der Waals surface area contributed by atoms with Crippen LogP contribution >= 0.6 is 27.3 Å². The number of hydrogen-bond donors (Lipinski definition) is 1. The van der Waals surface area contributed by atoms with Gasteiger partial charge in [0.05, 0.1) is 3.79 Å². The Bertz CT molecular complexity index is 427. The van der Waals surface area contributed by atoms with E-state index in [2.05, 4.69) is 33.4 Å². The standard InChI is InChI=1S/C13H20BrN3OS/c1-16(2)13(18)17-7-5-10(6-8-17)15-9-11-3-4-12(14)19-11/h3-4,10,15H,5-9H2,1-2H3. The number of piperidine rings is 1. The van der Waals surface area contributed by atoms with Crippen molar-refractivity contribution in [2.45, 2.75) is 25.4 Å². The largest absolute Gasteiger partial charge is 0.331 e. The number of hydrogen-bond acceptors (Lipinski definition) is 3. The summed E-state index contributed by atoms with van der Waals surface area (Å²) < 4.78 is 1.18. The molecule has 1 aromatic heterocycles. The fourth-order valence-electron chi connectivity index (χ4n) is 2.25. The van der Waals surface area contributed by atoms with Gasteiger partial charge >= 0.3 is 6.03 Å². The molecule has 1 aliphatic rings. The molecule has 1 fully saturated rings. The van der Waals surface area contributed by atoms with Crippen molar-refractivity contribution in [2.24, 2.45) is 0 Å². The van der Waals surface area contributed by atoms with Crippen LogP contribution < -0.4 is 5.32 Å². The van der Waals surface area contributed by atoms with Crippen molar-refractivity contribution in [2.75, 3.05) is 27.2 Å². The Balaban J connectivity index is 1.73. The third kappa shape index (κ3) is 4.19. The highest BCUT2D eigenvalue weighted by molar-refractivity contribution is 9.11. The number of carbonyl (C=O) groups excluding carboxylic acids is 1. The van der Waals surface area contributed by atoms with E-state index in [1.807, 2.05) is 4.90 Å². The number of amides is 2. The van der Waals surface area contributed by atoms with E-state index in [1.165, 1.54) is 8.66 Å². The van der Waals surface area contributed by atoms with Gasteiger partial charge in [-0.1, -0.05) is 0 Å². The summed E-state index contributed by atoms with van der Waals surface area (Å²) in [5, 5.41) is 3.58. The molecular weight excluding hydrogens is 326 g/mol. The summed E-state index contributed by atoms with van der Waals surface area (Å²) in [5.74, 6) is 0. The number of rotatable bonds is 3. The molecule has 0 bridgehead atoms. The molecule has 2 rings (SSSR count). The summed E-state index contributed by atoms with van der Waals surface area (Å²) in [6.07, 6.45) is 2.07. The molecule has 6 heteroatoms. The zero-order chi connectivity index (χ0) is 13.8. The van der Waals surface area contributed by atoms with Gasteiger partial charge in [-0.25, -0.2) is 4.79 Å². The Morgan fingerprint density at radius 3 is 2.68 bits per heavy atom. The number of halogens is 1. The molecule has 106 valence electrons. The summed E-state index contributed by atoms with van der Waals surface area (Å²) in [6.45, 7) is 2.62. The average Bonchev–Trinajstić information content (AvgIpc) is 2.82. The van der Waals surface area contributed by atoms with E-state index < -0.39 is 0 Å². The Kier molecular flexibility index (Phi) is 5.24. The third-order valence-electron chi connectivity index (χ3n) is 3.34. The Hall–Kier alpha value is -0.590. The summed E-state index contributed by atoms with van der Waals surface area (Å²) >= 11 is 5.25. The van der Waals surface area contributed by atoms with E-state index in [0.717, 1.165) is 32.5 Å². The number of urea groups is 1. The first-order valence-corrected chi connectivity index (χ1v) is 8.11. The lowest BCUT2D eigenvalue weighted by Gasteiger charge is -2.34. The van der Waals surface area contributed by atoms with Crippen LogP contribution in [0.5, 0.6) is 0 Å². The van der Waals surface area contributed by atoms with Gasteiger partial charge in [-0.05, 0) is 40.9 Å². The van der Waals surface area contributed by atoms with E-state index >= 15 is 0 Å². The van der Waals surface area contributed by atoms with Gasteiger partial charge in [0.25, 0.3) is 0 Å². The highest BCUT2D eigenvalue weighted by Crippen LogP contribution is 2.22. The molecule has 0 atom stereocenters. The lowest BCUT2D eigenvalue weighted by molar-refractivity contribution is 0.152. The van der Waals surface area contributed by atoms with Crippen molar-refractivity contribution in [1.29, 1.82) is 0 Å². The molecule has 1 saturated heterocycles. The molecule has 0 radical (unpaired) electrons. The minimum absolute atomic E-state index is 0.126. The first kappa shape index (κ1) is 14.8. The van der Waals surface area contributed by atoms with Gasteiger partial charge in [0.2, 0.25) is 0 Å². The molecule has 1 N–H and O–H groups in total. The summed E-state index contributed by atoms with van der Waals surface area (Å²) in [6, 6.07) is 4.87. The first-order valence-electron chi connectivity index (χ1n) is 6.50. The Morgan fingerprint density at radius 1 is 1.47 bits per heavy atom. The van der Waals surface area contributed by atoms with Crippen LogP contribution in [-0.4, -0.2) is 49.1 Å². The number of thiophene rings is 1. The maximum absolute atomic E-state index is 11.8. The molecule has 2 heterocycles. The SMILES string of the molecule is CN(C)C(=O)N1CCC(NCc2ccc(Br)s2)CC1. The maximum Gasteiger partial charge on any atom is 0.319 e. The van der Waals surface area contributed by atoms with E-state index in [-0.39, 0.29) is 6.03 Å². The van der Waals surface area contributed by atoms with Crippen LogP contribution in [-0.2, 0) is 6.54 Å². The molecule has 0 spiro atoms. The molecule has 4 nitrogen and oxygen atoms in total. The van der Waals surface area contributed by atoms with Crippen LogP contribution in [0.3, 0.4) is 0 Å². The van der Waals surface area contributed by atoms with Gasteiger partial charge in [-0.15, -0.1) is 11.3 Å². The van der Waals surface area contributed by atoms with Crippen molar-refractivity contribution in [3.63, 3.8) is 0 Å². The van der Waals surface area contributed by atoms with Crippen LogP contribution in [0.25, 0.3) is 0 Å². The van der Waals surface area contributed by atoms with E-state index in [4.69, 9.17) is 0 Å². The van der Waals surface area contributed by atoms with Crippen molar-refractivity contribution in [3.8, 4) is 0 Å². The molecule has 0 unspecified atom stereocenters. The second-order valence-electron chi connectivity index (χ2n) is 5.03. The van der Waals surface area contributed by atoms with Gasteiger partial charge in [0, 0.05) is 44.6 Å². The number of nitrogens with zero attached hydrogens (tertiary/aromatic N) is 2. The first-order chi connectivity index (χ1) is 9.06. The smallest absolute Gasteiger partial charge is 0.319 e. The highest BCUT2D eigenvalue weighted by Gasteiger charge is 2.23. The molecule has 2 amide bonds. The van der Waals surface area contributed by atoms with Gasteiger partial charge in [-0.3, -0.25) is 0 Å². The number of nitrogens with one attached hydrogen (secondary N) is 1. The van der Waals surface area contributed by atoms with Gasteiger partial charge in [-0.2, -0.15) is 0 Å². The monoisotopic (exact) mass is 345 g/mol. The number of carbonyl (C=O) groups is 1. The van der Waals surface area contributed by atoms with Crippen molar-refractivity contribution in [3.05, 3.63) is 20.8 Å². The summed E-state index contributed by atoms with van der Waals surface area (Å²) in [4.78, 5) is 16.7. The Morgan fingerprint density at radius 2 is 2.16 bits per heavy atom.